The molecule has 2 aromatic heterocycles. The summed E-state index contributed by atoms with van der Waals surface area (Å²) in [5.74, 6) is 0.105. The van der Waals surface area contributed by atoms with Gasteiger partial charge in [-0.2, -0.15) is 0 Å². The molecule has 9 heteroatoms. The van der Waals surface area contributed by atoms with Crippen molar-refractivity contribution in [3.63, 3.8) is 0 Å². The Morgan fingerprint density at radius 2 is 2.17 bits per heavy atom. The number of rotatable bonds is 4. The van der Waals surface area contributed by atoms with Crippen LogP contribution in [0.2, 0.25) is 0 Å². The molecule has 29 heavy (non-hydrogen) atoms. The minimum atomic E-state index is -0.513. The second kappa shape index (κ2) is 7.62. The summed E-state index contributed by atoms with van der Waals surface area (Å²) in [6.07, 6.45) is 4.41. The van der Waals surface area contributed by atoms with Gasteiger partial charge in [-0.3, -0.25) is 9.36 Å². The zero-order chi connectivity index (χ0) is 20.7. The standard InChI is InChI=1S/C20H24N4O4S/c1-4-28-19(26)15-11(3)22-20(27)23-13(15)8-24-9-21-17-16(18(24)25)12-6-5-10(2)7-14(12)29-17/h9-11H,4-8H2,1-3H3,(H2,22,23,27). The normalized spacial score (nSPS) is 21.6. The molecule has 8 nitrogen and oxygen atoms in total. The lowest BCUT2D eigenvalue weighted by molar-refractivity contribution is -0.139. The number of nitrogens with one attached hydrogen (secondary N) is 2. The molecule has 0 radical (unpaired) electrons. The van der Waals surface area contributed by atoms with Gasteiger partial charge in [-0.25, -0.2) is 14.6 Å². The smallest absolute Gasteiger partial charge is 0.337 e. The molecule has 1 aliphatic carbocycles. The number of allylic oxidation sites excluding steroid dienone is 1. The lowest BCUT2D eigenvalue weighted by Gasteiger charge is -2.26. The van der Waals surface area contributed by atoms with E-state index in [-0.39, 0.29) is 18.7 Å². The number of aryl methyl sites for hydroxylation is 1. The number of amides is 2. The fraction of sp³-hybridized carbons (Fsp3) is 0.500. The van der Waals surface area contributed by atoms with Crippen molar-refractivity contribution in [2.75, 3.05) is 6.61 Å². The SMILES string of the molecule is CCOC(=O)C1=C(Cn2cnc3sc4c(c3c2=O)CCC(C)C4)NC(=O)NC1C. The first kappa shape index (κ1) is 19.6. The Bertz CT molecular complexity index is 1080. The molecule has 2 unspecified atom stereocenters. The summed E-state index contributed by atoms with van der Waals surface area (Å²) >= 11 is 1.59. The fourth-order valence-electron chi connectivity index (χ4n) is 4.05. The van der Waals surface area contributed by atoms with Gasteiger partial charge in [0.2, 0.25) is 0 Å². The number of hydrogen-bond acceptors (Lipinski definition) is 6. The zero-order valence-electron chi connectivity index (χ0n) is 16.7. The maximum Gasteiger partial charge on any atom is 0.337 e. The molecule has 0 bridgehead atoms. The largest absolute Gasteiger partial charge is 0.463 e. The Hall–Kier alpha value is -2.68. The molecule has 0 spiro atoms. The molecule has 4 rings (SSSR count). The van der Waals surface area contributed by atoms with Crippen LogP contribution in [-0.2, 0) is 28.9 Å². The minimum absolute atomic E-state index is 0.0503. The van der Waals surface area contributed by atoms with Crippen LogP contribution >= 0.6 is 11.3 Å². The quantitative estimate of drug-likeness (QED) is 0.743. The van der Waals surface area contributed by atoms with E-state index >= 15 is 0 Å². The summed E-state index contributed by atoms with van der Waals surface area (Å²) in [6.45, 7) is 5.94. The van der Waals surface area contributed by atoms with Gasteiger partial charge in [-0.15, -0.1) is 11.3 Å². The topological polar surface area (TPSA) is 102 Å². The predicted octanol–water partition coefficient (Wildman–Crippen LogP) is 2.10. The summed E-state index contributed by atoms with van der Waals surface area (Å²) in [7, 11) is 0. The van der Waals surface area contributed by atoms with Gasteiger partial charge in [0.1, 0.15) is 4.83 Å². The van der Waals surface area contributed by atoms with Crippen molar-refractivity contribution in [3.8, 4) is 0 Å². The fourth-order valence-corrected chi connectivity index (χ4v) is 5.39. The molecule has 0 fully saturated rings. The Morgan fingerprint density at radius 3 is 2.93 bits per heavy atom. The summed E-state index contributed by atoms with van der Waals surface area (Å²) in [6, 6.07) is -0.926. The van der Waals surface area contributed by atoms with Gasteiger partial charge >= 0.3 is 12.0 Å². The number of urea groups is 1. The number of ether oxygens (including phenoxy) is 1. The van der Waals surface area contributed by atoms with Crippen LogP contribution in [0.5, 0.6) is 0 Å². The molecule has 2 N–H and O–H groups in total. The van der Waals surface area contributed by atoms with Crippen molar-refractivity contribution < 1.29 is 14.3 Å². The summed E-state index contributed by atoms with van der Waals surface area (Å²) in [4.78, 5) is 44.1. The monoisotopic (exact) mass is 416 g/mol. The van der Waals surface area contributed by atoms with E-state index in [9.17, 15) is 14.4 Å². The Labute approximate surface area is 172 Å². The zero-order valence-corrected chi connectivity index (χ0v) is 17.5. The first-order valence-electron chi connectivity index (χ1n) is 9.86. The van der Waals surface area contributed by atoms with Gasteiger partial charge in [0.15, 0.2) is 0 Å². The maximum atomic E-state index is 13.2. The van der Waals surface area contributed by atoms with Crippen molar-refractivity contribution in [3.05, 3.63) is 38.4 Å². The van der Waals surface area contributed by atoms with E-state index in [1.165, 1.54) is 15.8 Å². The number of carbonyl (C=O) groups excluding carboxylic acids is 2. The molecule has 0 saturated carbocycles. The number of hydrogen-bond donors (Lipinski definition) is 2. The van der Waals surface area contributed by atoms with Crippen LogP contribution < -0.4 is 16.2 Å². The number of fused-ring (bicyclic) bond motifs is 3. The number of esters is 1. The number of aromatic nitrogens is 2. The molecule has 2 amide bonds. The van der Waals surface area contributed by atoms with Gasteiger partial charge in [-0.05, 0) is 44.6 Å². The predicted molar refractivity (Wildman–Crippen MR) is 110 cm³/mol. The summed E-state index contributed by atoms with van der Waals surface area (Å²) < 4.78 is 6.60. The number of carbonyl (C=O) groups is 2. The van der Waals surface area contributed by atoms with Gasteiger partial charge in [0, 0.05) is 4.88 Å². The lowest BCUT2D eigenvalue weighted by atomic mass is 9.89. The molecular weight excluding hydrogens is 392 g/mol. The van der Waals surface area contributed by atoms with Crippen LogP contribution in [0.15, 0.2) is 22.4 Å². The molecule has 2 aliphatic rings. The van der Waals surface area contributed by atoms with Crippen molar-refractivity contribution >= 4 is 33.6 Å². The van der Waals surface area contributed by atoms with Gasteiger partial charge in [-0.1, -0.05) is 6.92 Å². The molecule has 0 aromatic carbocycles. The first-order valence-corrected chi connectivity index (χ1v) is 10.7. The van der Waals surface area contributed by atoms with Gasteiger partial charge < -0.3 is 15.4 Å². The van der Waals surface area contributed by atoms with Crippen LogP contribution in [0.1, 0.15) is 37.6 Å². The third-order valence-corrected chi connectivity index (χ3v) is 6.64. The van der Waals surface area contributed by atoms with Gasteiger partial charge in [0.25, 0.3) is 5.56 Å². The maximum absolute atomic E-state index is 13.2. The van der Waals surface area contributed by atoms with Gasteiger partial charge in [0.05, 0.1) is 42.2 Å². The van der Waals surface area contributed by atoms with Crippen LogP contribution in [0.4, 0.5) is 4.79 Å². The number of nitrogens with zero attached hydrogens (tertiary/aromatic N) is 2. The van der Waals surface area contributed by atoms with E-state index in [0.29, 0.717) is 22.6 Å². The van der Waals surface area contributed by atoms with Crippen LogP contribution in [0.25, 0.3) is 10.2 Å². The third kappa shape index (κ3) is 3.55. The summed E-state index contributed by atoms with van der Waals surface area (Å²) in [5, 5.41) is 6.00. The van der Waals surface area contributed by atoms with Crippen molar-refractivity contribution in [1.29, 1.82) is 0 Å². The molecular formula is C20H24N4O4S. The highest BCUT2D eigenvalue weighted by Gasteiger charge is 2.30. The second-order valence-corrected chi connectivity index (χ2v) is 8.73. The lowest BCUT2D eigenvalue weighted by Crippen LogP contribution is -2.50. The van der Waals surface area contributed by atoms with E-state index in [1.54, 1.807) is 25.2 Å². The Morgan fingerprint density at radius 1 is 1.38 bits per heavy atom. The Balaban J connectivity index is 1.77. The van der Waals surface area contributed by atoms with E-state index < -0.39 is 18.0 Å². The van der Waals surface area contributed by atoms with Crippen LogP contribution in [0.3, 0.4) is 0 Å². The molecule has 2 aromatic rings. The molecule has 3 heterocycles. The molecule has 0 saturated heterocycles. The highest BCUT2D eigenvalue weighted by atomic mass is 32.1. The van der Waals surface area contributed by atoms with Crippen molar-refractivity contribution in [2.45, 2.75) is 52.6 Å². The first-order chi connectivity index (χ1) is 13.9. The van der Waals surface area contributed by atoms with E-state index in [1.807, 2.05) is 0 Å². The third-order valence-electron chi connectivity index (χ3n) is 5.48. The summed E-state index contributed by atoms with van der Waals surface area (Å²) in [5.41, 5.74) is 1.65. The highest BCUT2D eigenvalue weighted by molar-refractivity contribution is 7.18. The molecule has 1 aliphatic heterocycles. The Kier molecular flexibility index (Phi) is 5.16. The highest BCUT2D eigenvalue weighted by Crippen LogP contribution is 2.35. The second-order valence-electron chi connectivity index (χ2n) is 7.64. The minimum Gasteiger partial charge on any atom is -0.463 e. The molecule has 2 atom stereocenters. The van der Waals surface area contributed by atoms with E-state index in [4.69, 9.17) is 4.74 Å². The van der Waals surface area contributed by atoms with Crippen LogP contribution in [0, 0.1) is 5.92 Å². The average molecular weight is 417 g/mol. The van der Waals surface area contributed by atoms with E-state index in [2.05, 4.69) is 22.5 Å². The van der Waals surface area contributed by atoms with Crippen LogP contribution in [-0.4, -0.2) is 34.2 Å². The average Bonchev–Trinajstić information content (AvgIpc) is 3.01. The van der Waals surface area contributed by atoms with E-state index in [0.717, 1.165) is 29.7 Å². The molecule has 154 valence electrons. The van der Waals surface area contributed by atoms with Crippen molar-refractivity contribution in [1.82, 2.24) is 20.2 Å². The van der Waals surface area contributed by atoms with Crippen molar-refractivity contribution in [2.24, 2.45) is 5.92 Å². The number of thiophene rings is 1.